The number of aromatic nitrogens is 5. The Bertz CT molecular complexity index is 2610. The van der Waals surface area contributed by atoms with E-state index in [1.54, 1.807) is 10.7 Å². The quantitative estimate of drug-likeness (QED) is 0.193. The Balaban J connectivity index is 0.843. The number of imidazole rings is 1. The fourth-order valence-corrected chi connectivity index (χ4v) is 11.0. The molecule has 3 aromatic heterocycles. The number of piperazine rings is 1. The molecular weight excluding hydrogens is 807 g/mol. The van der Waals surface area contributed by atoms with E-state index in [4.69, 9.17) is 14.7 Å². The molecule has 63 heavy (non-hydrogen) atoms. The van der Waals surface area contributed by atoms with Gasteiger partial charge in [-0.15, -0.1) is 0 Å². The van der Waals surface area contributed by atoms with Gasteiger partial charge in [0.2, 0.25) is 23.6 Å². The summed E-state index contributed by atoms with van der Waals surface area (Å²) < 4.78 is 41.2. The number of pyridine rings is 1. The second-order valence-corrected chi connectivity index (χ2v) is 18.4. The molecule has 2 N–H and O–H groups in total. The first-order valence-corrected chi connectivity index (χ1v) is 22.4. The zero-order valence-electron chi connectivity index (χ0n) is 36.3. The molecule has 1 saturated carbocycles. The van der Waals surface area contributed by atoms with E-state index >= 15 is 8.78 Å². The third kappa shape index (κ3) is 7.80. The molecule has 0 spiro atoms. The Labute approximate surface area is 365 Å². The third-order valence-electron chi connectivity index (χ3n) is 14.1. The predicted octanol–water partition coefficient (Wildman–Crippen LogP) is 6.49. The summed E-state index contributed by atoms with van der Waals surface area (Å²) in [5, 5.41) is 10.0. The molecule has 5 aromatic rings. The average molecular weight is 861 g/mol. The summed E-state index contributed by atoms with van der Waals surface area (Å²) in [7, 11) is 1.89. The molecule has 0 radical (unpaired) electrons. The molecule has 10 rings (SSSR count). The van der Waals surface area contributed by atoms with Crippen LogP contribution in [0, 0.1) is 37.3 Å². The lowest BCUT2D eigenvalue weighted by Gasteiger charge is -2.47. The van der Waals surface area contributed by atoms with Crippen molar-refractivity contribution in [3.63, 3.8) is 0 Å². The zero-order valence-corrected chi connectivity index (χ0v) is 36.3. The number of nitrogens with zero attached hydrogens (tertiary/aromatic N) is 8. The first-order valence-electron chi connectivity index (χ1n) is 22.4. The number of halogens is 2. The van der Waals surface area contributed by atoms with Crippen molar-refractivity contribution in [2.75, 3.05) is 54.4 Å². The van der Waals surface area contributed by atoms with Crippen LogP contribution in [0.1, 0.15) is 85.1 Å². The van der Waals surface area contributed by atoms with Crippen LogP contribution >= 0.6 is 0 Å². The van der Waals surface area contributed by atoms with Gasteiger partial charge in [0.1, 0.15) is 11.6 Å². The Hall–Kier alpha value is -5.90. The maximum Gasteiger partial charge on any atom is 0.258 e. The van der Waals surface area contributed by atoms with E-state index < -0.39 is 29.4 Å². The van der Waals surface area contributed by atoms with Gasteiger partial charge in [-0.2, -0.15) is 5.10 Å². The van der Waals surface area contributed by atoms with Crippen LogP contribution in [0.5, 0.6) is 5.88 Å². The van der Waals surface area contributed by atoms with E-state index in [2.05, 4.69) is 55.2 Å². The highest BCUT2D eigenvalue weighted by molar-refractivity contribution is 6.05. The van der Waals surface area contributed by atoms with Gasteiger partial charge in [-0.1, -0.05) is 0 Å². The molecule has 2 aromatic carbocycles. The molecule has 4 fully saturated rings. The van der Waals surface area contributed by atoms with Gasteiger partial charge in [0.25, 0.3) is 5.91 Å². The smallest absolute Gasteiger partial charge is 0.258 e. The van der Waals surface area contributed by atoms with Crippen molar-refractivity contribution in [3.8, 4) is 17.1 Å². The predicted molar refractivity (Wildman–Crippen MR) is 235 cm³/mol. The average Bonchev–Trinajstić information content (AvgIpc) is 3.93. The molecule has 1 aliphatic carbocycles. The van der Waals surface area contributed by atoms with Crippen molar-refractivity contribution >= 4 is 46.1 Å². The standard InChI is InChI=1S/C47H54F2N10O4/c1-26-17-31-19-39(50-26)42-28(3)54-55(4)46(42)63-25-30-6-5-29(18-30)24-59-40-22-33(7-9-38(40)51-47(59)53-44(31)61)57-15-16-58(27(2)23-57)32-11-13-56(14-12-32)34-20-36(48)43(37(49)21-34)35-8-10-41(60)52-45(35)62/h7,9,17,19-22,27,29-30,32,35H,5-6,8,10-16,18,23-25H2,1-4H3,(H,51,53,61)(H,52,60,62)/t27-,29+,30-,35+/m0/s1. The topological polar surface area (TPSA) is 143 Å². The number of benzene rings is 2. The molecule has 5 aliphatic rings. The number of nitrogens with one attached hydrogen (secondary N) is 2. The van der Waals surface area contributed by atoms with E-state index in [1.165, 1.54) is 12.1 Å². The normalized spacial score (nSPS) is 23.7. The number of ether oxygens (including phenoxy) is 1. The fourth-order valence-electron chi connectivity index (χ4n) is 11.0. The Morgan fingerprint density at radius 3 is 2.35 bits per heavy atom. The summed E-state index contributed by atoms with van der Waals surface area (Å²) in [4.78, 5) is 54.9. The van der Waals surface area contributed by atoms with Crippen LogP contribution in [0.15, 0.2) is 42.5 Å². The molecular formula is C47H54F2N10O4. The number of amides is 3. The molecule has 4 bridgehead atoms. The van der Waals surface area contributed by atoms with E-state index in [9.17, 15) is 14.4 Å². The maximum absolute atomic E-state index is 15.4. The van der Waals surface area contributed by atoms with Gasteiger partial charge < -0.3 is 19.1 Å². The maximum atomic E-state index is 15.4. The number of carbonyl (C=O) groups excluding carboxylic acids is 3. The molecule has 330 valence electrons. The number of hydrogen-bond acceptors (Lipinski definition) is 10. The van der Waals surface area contributed by atoms with Gasteiger partial charge in [-0.05, 0) is 114 Å². The molecule has 0 unspecified atom stereocenters. The number of imide groups is 1. The summed E-state index contributed by atoms with van der Waals surface area (Å²) in [6.07, 6.45) is 4.99. The lowest BCUT2D eigenvalue weighted by molar-refractivity contribution is -0.134. The van der Waals surface area contributed by atoms with Gasteiger partial charge in [0.15, 0.2) is 0 Å². The zero-order chi connectivity index (χ0) is 43.7. The Kier molecular flexibility index (Phi) is 10.7. The van der Waals surface area contributed by atoms with Crippen LogP contribution in [0.25, 0.3) is 22.3 Å². The Morgan fingerprint density at radius 1 is 0.810 bits per heavy atom. The summed E-state index contributed by atoms with van der Waals surface area (Å²) in [6, 6.07) is 13.3. The highest BCUT2D eigenvalue weighted by Crippen LogP contribution is 2.39. The molecule has 3 amide bonds. The van der Waals surface area contributed by atoms with Gasteiger partial charge >= 0.3 is 0 Å². The number of anilines is 3. The minimum Gasteiger partial charge on any atom is -0.477 e. The molecule has 16 heteroatoms. The molecule has 7 heterocycles. The molecule has 14 nitrogen and oxygen atoms in total. The Morgan fingerprint density at radius 2 is 1.59 bits per heavy atom. The van der Waals surface area contributed by atoms with Crippen molar-refractivity contribution < 1.29 is 27.9 Å². The highest BCUT2D eigenvalue weighted by atomic mass is 19.1. The van der Waals surface area contributed by atoms with Gasteiger partial charge in [-0.3, -0.25) is 34.9 Å². The van der Waals surface area contributed by atoms with Gasteiger partial charge in [0, 0.05) is 93.0 Å². The van der Waals surface area contributed by atoms with Crippen molar-refractivity contribution in [1.29, 1.82) is 0 Å². The number of hydrogen-bond donors (Lipinski definition) is 2. The van der Waals surface area contributed by atoms with Crippen molar-refractivity contribution in [2.24, 2.45) is 18.9 Å². The fraction of sp³-hybridized carbons (Fsp3) is 0.489. The van der Waals surface area contributed by atoms with E-state index in [1.807, 2.05) is 31.9 Å². The first kappa shape index (κ1) is 41.1. The summed E-state index contributed by atoms with van der Waals surface area (Å²) in [6.45, 7) is 11.3. The minimum absolute atomic E-state index is 0.0566. The van der Waals surface area contributed by atoms with Crippen molar-refractivity contribution in [3.05, 3.63) is 76.6 Å². The second-order valence-electron chi connectivity index (χ2n) is 18.4. The lowest BCUT2D eigenvalue weighted by Crippen LogP contribution is -2.57. The van der Waals surface area contributed by atoms with Crippen LogP contribution in [-0.2, 0) is 23.2 Å². The van der Waals surface area contributed by atoms with E-state index in [0.717, 1.165) is 92.0 Å². The van der Waals surface area contributed by atoms with Crippen molar-refractivity contribution in [1.82, 2.24) is 34.5 Å². The summed E-state index contributed by atoms with van der Waals surface area (Å²) in [5.41, 5.74) is 6.62. The largest absolute Gasteiger partial charge is 0.477 e. The first-order chi connectivity index (χ1) is 30.4. The van der Waals surface area contributed by atoms with Gasteiger partial charge in [0.05, 0.1) is 40.5 Å². The third-order valence-corrected chi connectivity index (χ3v) is 14.1. The monoisotopic (exact) mass is 860 g/mol. The van der Waals surface area contributed by atoms with Crippen LogP contribution < -0.4 is 25.2 Å². The number of aryl methyl sites for hydroxylation is 3. The minimum atomic E-state index is -1.01. The number of fused-ring (bicyclic) bond motifs is 9. The highest BCUT2D eigenvalue weighted by Gasteiger charge is 2.36. The van der Waals surface area contributed by atoms with Crippen LogP contribution in [-0.4, -0.2) is 98.4 Å². The second kappa shape index (κ2) is 16.3. The molecule has 4 aliphatic heterocycles. The van der Waals surface area contributed by atoms with Crippen LogP contribution in [0.3, 0.4) is 0 Å². The molecule has 3 saturated heterocycles. The van der Waals surface area contributed by atoms with Crippen LogP contribution in [0.4, 0.5) is 26.1 Å². The number of carbonyl (C=O) groups is 3. The van der Waals surface area contributed by atoms with E-state index in [-0.39, 0.29) is 30.4 Å². The number of rotatable bonds is 4. The van der Waals surface area contributed by atoms with Gasteiger partial charge in [-0.25, -0.2) is 18.4 Å². The van der Waals surface area contributed by atoms with Crippen LogP contribution in [0.2, 0.25) is 0 Å². The molecule has 4 atom stereocenters. The lowest BCUT2D eigenvalue weighted by atomic mass is 9.89. The summed E-state index contributed by atoms with van der Waals surface area (Å²) in [5.74, 6) is -1.84. The van der Waals surface area contributed by atoms with Crippen molar-refractivity contribution in [2.45, 2.75) is 90.3 Å². The summed E-state index contributed by atoms with van der Waals surface area (Å²) >= 11 is 0. The SMILES string of the molecule is Cc1cc2cc(n1)-c1c(C)nn(C)c1OC[C@H]1CC[C@H](C1)Cn1c(nc3ccc(N4CCN(C5CCN(c6cc(F)c([C@H]7CCC(=O)NC7=O)c(F)c6)CC5)[C@@H](C)C4)cc31)NC2=O. The van der Waals surface area contributed by atoms with E-state index in [0.29, 0.717) is 66.3 Å². The number of piperidine rings is 2.